The molecule has 0 aliphatic rings. The zero-order chi connectivity index (χ0) is 18.5. The van der Waals surface area contributed by atoms with E-state index in [0.717, 1.165) is 40.0 Å². The zero-order valence-electron chi connectivity index (χ0n) is 14.9. The van der Waals surface area contributed by atoms with Crippen LogP contribution in [0.1, 0.15) is 10.6 Å². The number of pyridine rings is 1. The van der Waals surface area contributed by atoms with Gasteiger partial charge in [0.05, 0.1) is 6.54 Å². The van der Waals surface area contributed by atoms with Crippen LogP contribution in [0, 0.1) is 6.92 Å². The maximum atomic E-state index is 5.84. The van der Waals surface area contributed by atoms with Crippen molar-refractivity contribution in [1.82, 2.24) is 9.97 Å². The third-order valence-electron chi connectivity index (χ3n) is 4.00. The Morgan fingerprint density at radius 1 is 0.926 bits per heavy atom. The zero-order valence-corrected chi connectivity index (χ0v) is 15.7. The minimum Gasteiger partial charge on any atom is -0.457 e. The van der Waals surface area contributed by atoms with Gasteiger partial charge in [0, 0.05) is 34.2 Å². The second-order valence-electron chi connectivity index (χ2n) is 6.11. The van der Waals surface area contributed by atoms with Gasteiger partial charge in [-0.25, -0.2) is 4.98 Å². The molecule has 0 bridgehead atoms. The second-order valence-corrected chi connectivity index (χ2v) is 7.23. The molecule has 0 fully saturated rings. The lowest BCUT2D eigenvalue weighted by molar-refractivity contribution is 0.483. The van der Waals surface area contributed by atoms with Gasteiger partial charge in [-0.05, 0) is 55.5 Å². The van der Waals surface area contributed by atoms with Crippen LogP contribution < -0.4 is 10.1 Å². The van der Waals surface area contributed by atoms with Gasteiger partial charge >= 0.3 is 0 Å². The molecule has 0 radical (unpaired) electrons. The van der Waals surface area contributed by atoms with Crippen LogP contribution in [0.5, 0.6) is 11.5 Å². The molecule has 0 spiro atoms. The van der Waals surface area contributed by atoms with E-state index in [2.05, 4.69) is 15.3 Å². The number of thiazole rings is 1. The smallest absolute Gasteiger partial charge is 0.127 e. The van der Waals surface area contributed by atoms with E-state index >= 15 is 0 Å². The minimum atomic E-state index is 0.746. The summed E-state index contributed by atoms with van der Waals surface area (Å²) in [6.07, 6.45) is 3.74. The number of hydrogen-bond acceptors (Lipinski definition) is 5. The quantitative estimate of drug-likeness (QED) is 0.456. The molecule has 1 N–H and O–H groups in total. The monoisotopic (exact) mass is 373 g/mol. The highest BCUT2D eigenvalue weighted by atomic mass is 32.1. The van der Waals surface area contributed by atoms with E-state index in [1.54, 1.807) is 11.3 Å². The van der Waals surface area contributed by atoms with Crippen molar-refractivity contribution >= 4 is 17.0 Å². The Morgan fingerprint density at radius 2 is 1.70 bits per heavy atom. The summed E-state index contributed by atoms with van der Waals surface area (Å²) in [5, 5.41) is 4.42. The van der Waals surface area contributed by atoms with E-state index < -0.39 is 0 Å². The standard InChI is InChI=1S/C22H19N3OS/c1-16-13-18(11-12-23-16)24-14-21-15-25-22(27-21)17-7-9-20(10-8-17)26-19-5-3-2-4-6-19/h2-13,15H,14H2,1H3,(H,23,24). The second kappa shape index (κ2) is 8.01. The Balaban J connectivity index is 1.40. The van der Waals surface area contributed by atoms with E-state index in [1.165, 1.54) is 4.88 Å². The molecule has 0 atom stereocenters. The van der Waals surface area contributed by atoms with Crippen molar-refractivity contribution in [2.24, 2.45) is 0 Å². The van der Waals surface area contributed by atoms with Crippen molar-refractivity contribution < 1.29 is 4.74 Å². The molecule has 0 saturated heterocycles. The molecule has 2 aromatic heterocycles. The number of rotatable bonds is 6. The van der Waals surface area contributed by atoms with Crippen LogP contribution in [0.25, 0.3) is 10.6 Å². The molecule has 4 aromatic rings. The van der Waals surface area contributed by atoms with Gasteiger partial charge in [-0.3, -0.25) is 4.98 Å². The summed E-state index contributed by atoms with van der Waals surface area (Å²) in [5.74, 6) is 1.65. The number of anilines is 1. The number of aromatic nitrogens is 2. The topological polar surface area (TPSA) is 47.0 Å². The van der Waals surface area contributed by atoms with Gasteiger partial charge in [0.1, 0.15) is 16.5 Å². The number of aryl methyl sites for hydroxylation is 1. The molecule has 0 amide bonds. The van der Waals surface area contributed by atoms with E-state index in [4.69, 9.17) is 4.74 Å². The maximum absolute atomic E-state index is 5.84. The van der Waals surface area contributed by atoms with Gasteiger partial charge in [0.2, 0.25) is 0 Å². The molecule has 0 saturated carbocycles. The van der Waals surface area contributed by atoms with Crippen LogP contribution in [-0.4, -0.2) is 9.97 Å². The molecule has 0 unspecified atom stereocenters. The van der Waals surface area contributed by atoms with Gasteiger partial charge in [0.15, 0.2) is 0 Å². The Kier molecular flexibility index (Phi) is 5.12. The first-order valence-electron chi connectivity index (χ1n) is 8.71. The number of nitrogens with one attached hydrogen (secondary N) is 1. The van der Waals surface area contributed by atoms with Crippen LogP contribution in [0.2, 0.25) is 0 Å². The molecular weight excluding hydrogens is 354 g/mol. The SMILES string of the molecule is Cc1cc(NCc2cnc(-c3ccc(Oc4ccccc4)cc3)s2)ccn1. The lowest BCUT2D eigenvalue weighted by atomic mass is 10.2. The predicted octanol–water partition coefficient (Wildman–Crippen LogP) is 5.92. The van der Waals surface area contributed by atoms with E-state index in [-0.39, 0.29) is 0 Å². The van der Waals surface area contributed by atoms with E-state index in [0.29, 0.717) is 0 Å². The lowest BCUT2D eigenvalue weighted by Crippen LogP contribution is -1.97. The first-order chi connectivity index (χ1) is 13.3. The van der Waals surface area contributed by atoms with E-state index in [9.17, 15) is 0 Å². The average molecular weight is 373 g/mol. The van der Waals surface area contributed by atoms with Crippen molar-refractivity contribution in [3.63, 3.8) is 0 Å². The largest absolute Gasteiger partial charge is 0.457 e. The maximum Gasteiger partial charge on any atom is 0.127 e. The molecule has 4 nitrogen and oxygen atoms in total. The van der Waals surface area contributed by atoms with Crippen LogP contribution in [-0.2, 0) is 6.54 Å². The normalized spacial score (nSPS) is 10.6. The number of benzene rings is 2. The van der Waals surface area contributed by atoms with Crippen molar-refractivity contribution in [3.8, 4) is 22.1 Å². The van der Waals surface area contributed by atoms with Crippen molar-refractivity contribution in [3.05, 3.63) is 89.7 Å². The average Bonchev–Trinajstić information content (AvgIpc) is 3.17. The summed E-state index contributed by atoms with van der Waals surface area (Å²) in [6, 6.07) is 21.8. The minimum absolute atomic E-state index is 0.746. The highest BCUT2D eigenvalue weighted by molar-refractivity contribution is 7.15. The van der Waals surface area contributed by atoms with Gasteiger partial charge in [-0.15, -0.1) is 11.3 Å². The summed E-state index contributed by atoms with van der Waals surface area (Å²) >= 11 is 1.69. The van der Waals surface area contributed by atoms with Gasteiger partial charge in [0.25, 0.3) is 0 Å². The molecule has 134 valence electrons. The molecule has 5 heteroatoms. The summed E-state index contributed by atoms with van der Waals surface area (Å²) in [7, 11) is 0. The molecular formula is C22H19N3OS. The van der Waals surface area contributed by atoms with Gasteiger partial charge in [-0.2, -0.15) is 0 Å². The third-order valence-corrected chi connectivity index (χ3v) is 5.04. The number of ether oxygens (including phenoxy) is 1. The molecule has 4 rings (SSSR count). The van der Waals surface area contributed by atoms with Crippen LogP contribution in [0.3, 0.4) is 0 Å². The van der Waals surface area contributed by atoms with Crippen molar-refractivity contribution in [1.29, 1.82) is 0 Å². The van der Waals surface area contributed by atoms with Crippen LogP contribution in [0.4, 0.5) is 5.69 Å². The Bertz CT molecular complexity index is 1010. The Morgan fingerprint density at radius 3 is 2.48 bits per heavy atom. The van der Waals surface area contributed by atoms with Crippen molar-refractivity contribution in [2.45, 2.75) is 13.5 Å². The summed E-state index contributed by atoms with van der Waals surface area (Å²) in [5.41, 5.74) is 3.16. The molecule has 2 aromatic carbocycles. The van der Waals surface area contributed by atoms with Gasteiger partial charge in [-0.1, -0.05) is 18.2 Å². The van der Waals surface area contributed by atoms with Gasteiger partial charge < -0.3 is 10.1 Å². The van der Waals surface area contributed by atoms with Crippen LogP contribution >= 0.6 is 11.3 Å². The highest BCUT2D eigenvalue weighted by Crippen LogP contribution is 2.29. The van der Waals surface area contributed by atoms with E-state index in [1.807, 2.05) is 86.0 Å². The third kappa shape index (κ3) is 4.51. The first kappa shape index (κ1) is 17.2. The van der Waals surface area contributed by atoms with Crippen LogP contribution in [0.15, 0.2) is 79.1 Å². The molecule has 27 heavy (non-hydrogen) atoms. The Labute approximate surface area is 162 Å². The fourth-order valence-corrected chi connectivity index (χ4v) is 3.52. The fourth-order valence-electron chi connectivity index (χ4n) is 2.66. The predicted molar refractivity (Wildman–Crippen MR) is 110 cm³/mol. The highest BCUT2D eigenvalue weighted by Gasteiger charge is 2.06. The lowest BCUT2D eigenvalue weighted by Gasteiger charge is -2.06. The van der Waals surface area contributed by atoms with Crippen molar-refractivity contribution in [2.75, 3.05) is 5.32 Å². The number of nitrogens with zero attached hydrogens (tertiary/aromatic N) is 2. The summed E-state index contributed by atoms with van der Waals surface area (Å²) in [6.45, 7) is 2.73. The summed E-state index contributed by atoms with van der Waals surface area (Å²) < 4.78 is 5.84. The first-order valence-corrected chi connectivity index (χ1v) is 9.52. The molecule has 0 aliphatic heterocycles. The Hall–Kier alpha value is -3.18. The molecule has 2 heterocycles. The fraction of sp³-hybridized carbons (Fsp3) is 0.0909. The number of para-hydroxylation sites is 1. The number of hydrogen-bond donors (Lipinski definition) is 1. The summed E-state index contributed by atoms with van der Waals surface area (Å²) in [4.78, 5) is 9.95. The molecule has 0 aliphatic carbocycles.